The second-order valence-electron chi connectivity index (χ2n) is 4.91. The molecule has 1 saturated carbocycles. The van der Waals surface area contributed by atoms with Gasteiger partial charge >= 0.3 is 0 Å². The van der Waals surface area contributed by atoms with Crippen LogP contribution in [0.1, 0.15) is 25.7 Å². The molecule has 0 aromatic carbocycles. The first kappa shape index (κ1) is 14.6. The minimum atomic E-state index is -2.61. The molecule has 0 bridgehead atoms. The number of piperidine rings is 1. The van der Waals surface area contributed by atoms with Gasteiger partial charge in [0.15, 0.2) is 0 Å². The average Bonchev–Trinajstić information content (AvgIpc) is 2.25. The Hall–Kier alpha value is -0.420. The average molecular weight is 269 g/mol. The maximum absolute atomic E-state index is 12.7. The van der Waals surface area contributed by atoms with E-state index >= 15 is 0 Å². The van der Waals surface area contributed by atoms with E-state index in [0.29, 0.717) is 0 Å². The monoisotopic (exact) mass is 268 g/mol. The lowest BCUT2D eigenvalue weighted by molar-refractivity contribution is -0.160. The third kappa shape index (κ3) is 3.28. The first-order valence-electron chi connectivity index (χ1n) is 5.85. The van der Waals surface area contributed by atoms with Gasteiger partial charge in [-0.05, 0) is 19.4 Å². The summed E-state index contributed by atoms with van der Waals surface area (Å²) in [6.07, 6.45) is 1.48. The Morgan fingerprint density at radius 3 is 2.53 bits per heavy atom. The fraction of sp³-hybridized carbons (Fsp3) is 0.909. The first-order chi connectivity index (χ1) is 7.49. The number of likely N-dealkylation sites (N-methyl/N-ethyl adjacent to an activating group) is 1. The van der Waals surface area contributed by atoms with E-state index in [1.54, 1.807) is 11.9 Å². The Bertz CT molecular complexity index is 275. The molecule has 17 heavy (non-hydrogen) atoms. The number of hydrogen-bond donors (Lipinski definition) is 1. The van der Waals surface area contributed by atoms with Gasteiger partial charge in [0.25, 0.3) is 0 Å². The van der Waals surface area contributed by atoms with E-state index < -0.39 is 11.8 Å². The summed E-state index contributed by atoms with van der Waals surface area (Å²) in [5, 5.41) is 3.22. The van der Waals surface area contributed by atoms with E-state index in [1.807, 2.05) is 0 Å². The van der Waals surface area contributed by atoms with Gasteiger partial charge < -0.3 is 10.2 Å². The summed E-state index contributed by atoms with van der Waals surface area (Å²) in [5.74, 6) is -3.17. The van der Waals surface area contributed by atoms with E-state index in [4.69, 9.17) is 0 Å². The van der Waals surface area contributed by atoms with Crippen LogP contribution in [0.2, 0.25) is 0 Å². The van der Waals surface area contributed by atoms with Crippen molar-refractivity contribution in [3.05, 3.63) is 0 Å². The van der Waals surface area contributed by atoms with Crippen molar-refractivity contribution in [2.45, 2.75) is 37.6 Å². The van der Waals surface area contributed by atoms with E-state index in [2.05, 4.69) is 5.32 Å². The standard InChI is InChI=1S/C11H18F2N2O.ClH/c1-15(9-3-2-4-14-7-9)10(16)8-5-11(12,13)6-8;/h8-9,14H,2-7H2,1H3;1H. The number of carbonyl (C=O) groups excluding carboxylic acids is 1. The Balaban J connectivity index is 0.00000144. The molecular formula is C11H19ClF2N2O. The molecule has 1 aliphatic carbocycles. The molecule has 1 aliphatic heterocycles. The quantitative estimate of drug-likeness (QED) is 0.826. The second kappa shape index (κ2) is 5.48. The lowest BCUT2D eigenvalue weighted by atomic mass is 9.80. The molecule has 0 aromatic rings. The van der Waals surface area contributed by atoms with Crippen LogP contribution >= 0.6 is 12.4 Å². The Morgan fingerprint density at radius 2 is 2.06 bits per heavy atom. The molecule has 6 heteroatoms. The topological polar surface area (TPSA) is 32.3 Å². The van der Waals surface area contributed by atoms with Crippen molar-refractivity contribution >= 4 is 18.3 Å². The highest BCUT2D eigenvalue weighted by Gasteiger charge is 2.49. The predicted octanol–water partition coefficient (Wildman–Crippen LogP) is 1.66. The lowest BCUT2D eigenvalue weighted by Crippen LogP contribution is -2.52. The number of carbonyl (C=O) groups is 1. The molecule has 1 saturated heterocycles. The highest BCUT2D eigenvalue weighted by atomic mass is 35.5. The van der Waals surface area contributed by atoms with Crippen LogP contribution in [-0.2, 0) is 4.79 Å². The Labute approximate surface area is 106 Å². The number of nitrogens with zero attached hydrogens (tertiary/aromatic N) is 1. The number of hydrogen-bond acceptors (Lipinski definition) is 2. The molecule has 2 rings (SSSR count). The van der Waals surface area contributed by atoms with Crippen molar-refractivity contribution in [3.63, 3.8) is 0 Å². The van der Waals surface area contributed by atoms with E-state index in [0.717, 1.165) is 25.9 Å². The fourth-order valence-corrected chi connectivity index (χ4v) is 2.47. The zero-order valence-electron chi connectivity index (χ0n) is 9.92. The molecule has 100 valence electrons. The van der Waals surface area contributed by atoms with Crippen LogP contribution in [0.4, 0.5) is 8.78 Å². The number of nitrogens with one attached hydrogen (secondary N) is 1. The lowest BCUT2D eigenvalue weighted by Gasteiger charge is -2.39. The maximum Gasteiger partial charge on any atom is 0.249 e. The van der Waals surface area contributed by atoms with Gasteiger partial charge in [0, 0.05) is 38.4 Å². The normalized spacial score (nSPS) is 27.8. The van der Waals surface area contributed by atoms with Gasteiger partial charge in [-0.3, -0.25) is 4.79 Å². The smallest absolute Gasteiger partial charge is 0.249 e. The highest BCUT2D eigenvalue weighted by Crippen LogP contribution is 2.43. The zero-order chi connectivity index (χ0) is 11.8. The fourth-order valence-electron chi connectivity index (χ4n) is 2.47. The van der Waals surface area contributed by atoms with Crippen molar-refractivity contribution in [1.82, 2.24) is 10.2 Å². The highest BCUT2D eigenvalue weighted by molar-refractivity contribution is 5.85. The number of rotatable bonds is 2. The van der Waals surface area contributed by atoms with Crippen LogP contribution in [0, 0.1) is 5.92 Å². The van der Waals surface area contributed by atoms with E-state index in [1.165, 1.54) is 0 Å². The Kier molecular flexibility index (Phi) is 4.72. The molecule has 1 amide bonds. The third-order valence-corrected chi connectivity index (χ3v) is 3.61. The van der Waals surface area contributed by atoms with Gasteiger partial charge in [0.05, 0.1) is 0 Å². The minimum Gasteiger partial charge on any atom is -0.341 e. The van der Waals surface area contributed by atoms with E-state index in [9.17, 15) is 13.6 Å². The molecule has 2 fully saturated rings. The number of alkyl halides is 2. The first-order valence-corrected chi connectivity index (χ1v) is 5.85. The summed E-state index contributed by atoms with van der Waals surface area (Å²) >= 11 is 0. The molecule has 1 atom stereocenters. The van der Waals surface area contributed by atoms with Gasteiger partial charge in [-0.25, -0.2) is 8.78 Å². The van der Waals surface area contributed by atoms with Crippen molar-refractivity contribution < 1.29 is 13.6 Å². The minimum absolute atomic E-state index is 0. The molecule has 3 nitrogen and oxygen atoms in total. The van der Waals surface area contributed by atoms with Gasteiger partial charge in [0.1, 0.15) is 0 Å². The van der Waals surface area contributed by atoms with Gasteiger partial charge in [-0.2, -0.15) is 0 Å². The van der Waals surface area contributed by atoms with Gasteiger partial charge in [-0.15, -0.1) is 12.4 Å². The number of halogens is 3. The summed E-state index contributed by atoms with van der Waals surface area (Å²) in [4.78, 5) is 13.5. The van der Waals surface area contributed by atoms with Gasteiger partial charge in [0.2, 0.25) is 11.8 Å². The van der Waals surface area contributed by atoms with Crippen LogP contribution in [0.25, 0.3) is 0 Å². The zero-order valence-corrected chi connectivity index (χ0v) is 10.7. The molecule has 0 radical (unpaired) electrons. The molecule has 2 aliphatic rings. The van der Waals surface area contributed by atoms with Crippen molar-refractivity contribution in [2.24, 2.45) is 5.92 Å². The van der Waals surface area contributed by atoms with Crippen LogP contribution in [0.15, 0.2) is 0 Å². The maximum atomic E-state index is 12.7. The largest absolute Gasteiger partial charge is 0.341 e. The summed E-state index contributed by atoms with van der Waals surface area (Å²) in [5.41, 5.74) is 0. The summed E-state index contributed by atoms with van der Waals surface area (Å²) < 4.78 is 25.3. The predicted molar refractivity (Wildman–Crippen MR) is 63.6 cm³/mol. The third-order valence-electron chi connectivity index (χ3n) is 3.61. The summed E-state index contributed by atoms with van der Waals surface area (Å²) in [7, 11) is 1.73. The van der Waals surface area contributed by atoms with Crippen LogP contribution in [0.5, 0.6) is 0 Å². The molecular weight excluding hydrogens is 250 g/mol. The summed E-state index contributed by atoms with van der Waals surface area (Å²) in [6.45, 7) is 1.77. The van der Waals surface area contributed by atoms with Crippen LogP contribution in [0.3, 0.4) is 0 Å². The molecule has 1 N–H and O–H groups in total. The SMILES string of the molecule is CN(C(=O)C1CC(F)(F)C1)C1CCCNC1.Cl. The van der Waals surface area contributed by atoms with Crippen molar-refractivity contribution in [1.29, 1.82) is 0 Å². The van der Waals surface area contributed by atoms with Crippen LogP contribution < -0.4 is 5.32 Å². The molecule has 0 aromatic heterocycles. The Morgan fingerprint density at radius 1 is 1.41 bits per heavy atom. The number of amides is 1. The second-order valence-corrected chi connectivity index (χ2v) is 4.91. The molecule has 0 spiro atoms. The van der Waals surface area contributed by atoms with Crippen LogP contribution in [-0.4, -0.2) is 42.9 Å². The van der Waals surface area contributed by atoms with Crippen molar-refractivity contribution in [2.75, 3.05) is 20.1 Å². The van der Waals surface area contributed by atoms with Gasteiger partial charge in [-0.1, -0.05) is 0 Å². The molecule has 1 unspecified atom stereocenters. The molecule has 1 heterocycles. The van der Waals surface area contributed by atoms with E-state index in [-0.39, 0.29) is 37.2 Å². The van der Waals surface area contributed by atoms with Crippen molar-refractivity contribution in [3.8, 4) is 0 Å². The summed E-state index contributed by atoms with van der Waals surface area (Å²) in [6, 6.07) is 0.176.